The molecular formula is C10H14BrNO2. The number of halogens is 1. The minimum Gasteiger partial charge on any atom is -0.376 e. The summed E-state index contributed by atoms with van der Waals surface area (Å²) in [5.74, 6) is 2.37. The normalized spacial score (nSPS) is 22.1. The van der Waals surface area contributed by atoms with Crippen LogP contribution < -0.4 is 0 Å². The molecule has 0 aromatic heterocycles. The van der Waals surface area contributed by atoms with E-state index in [0.29, 0.717) is 6.54 Å². The Balaban J connectivity index is 2.57. The third-order valence-electron chi connectivity index (χ3n) is 2.25. The lowest BCUT2D eigenvalue weighted by atomic mass is 10.2. The van der Waals surface area contributed by atoms with Crippen LogP contribution in [-0.2, 0) is 9.53 Å². The molecule has 0 bridgehead atoms. The molecule has 14 heavy (non-hydrogen) atoms. The monoisotopic (exact) mass is 259 g/mol. The van der Waals surface area contributed by atoms with Gasteiger partial charge in [0.05, 0.1) is 6.10 Å². The molecule has 4 heteroatoms. The van der Waals surface area contributed by atoms with Crippen molar-refractivity contribution in [2.24, 2.45) is 0 Å². The maximum absolute atomic E-state index is 11.5. The Morgan fingerprint density at radius 2 is 2.50 bits per heavy atom. The molecule has 0 saturated carbocycles. The molecule has 1 aliphatic heterocycles. The average Bonchev–Trinajstić information content (AvgIpc) is 2.43. The van der Waals surface area contributed by atoms with Crippen molar-refractivity contribution in [1.82, 2.24) is 4.90 Å². The van der Waals surface area contributed by atoms with E-state index in [4.69, 9.17) is 4.74 Å². The molecule has 0 radical (unpaired) electrons. The molecule has 1 fully saturated rings. The highest BCUT2D eigenvalue weighted by molar-refractivity contribution is 9.12. The van der Waals surface area contributed by atoms with Crippen molar-refractivity contribution in [3.05, 3.63) is 0 Å². The van der Waals surface area contributed by atoms with Gasteiger partial charge in [-0.25, -0.2) is 0 Å². The molecule has 1 rings (SSSR count). The molecule has 0 N–H and O–H groups in total. The van der Waals surface area contributed by atoms with Crippen LogP contribution >= 0.6 is 15.9 Å². The standard InChI is InChI=1S/C10H14BrNO2/c1-2-9-8-12(6-3-7-14-9)10(13)4-5-11/h9H,2-3,6-8H2,1H3. The Kier molecular flexibility index (Phi) is 4.99. The minimum atomic E-state index is -0.120. The molecule has 1 saturated heterocycles. The summed E-state index contributed by atoms with van der Waals surface area (Å²) < 4.78 is 5.56. The molecular weight excluding hydrogens is 246 g/mol. The summed E-state index contributed by atoms with van der Waals surface area (Å²) in [6.07, 6.45) is 2.00. The zero-order valence-electron chi connectivity index (χ0n) is 8.25. The van der Waals surface area contributed by atoms with E-state index in [1.807, 2.05) is 0 Å². The highest BCUT2D eigenvalue weighted by Gasteiger charge is 2.19. The topological polar surface area (TPSA) is 29.5 Å². The zero-order chi connectivity index (χ0) is 10.4. The molecule has 0 aromatic carbocycles. The highest BCUT2D eigenvalue weighted by Crippen LogP contribution is 2.08. The van der Waals surface area contributed by atoms with Crippen LogP contribution in [0.3, 0.4) is 0 Å². The number of rotatable bonds is 1. The van der Waals surface area contributed by atoms with Crippen molar-refractivity contribution in [3.8, 4) is 10.8 Å². The van der Waals surface area contributed by atoms with Gasteiger partial charge >= 0.3 is 0 Å². The Hall–Kier alpha value is -0.530. The number of carbonyl (C=O) groups is 1. The molecule has 1 unspecified atom stereocenters. The van der Waals surface area contributed by atoms with E-state index in [9.17, 15) is 4.79 Å². The molecule has 0 spiro atoms. The largest absolute Gasteiger partial charge is 0.376 e. The maximum Gasteiger partial charge on any atom is 0.299 e. The van der Waals surface area contributed by atoms with Crippen molar-refractivity contribution in [3.63, 3.8) is 0 Å². The highest BCUT2D eigenvalue weighted by atomic mass is 79.9. The SMILES string of the molecule is CCC1CN(C(=O)C#CBr)CCCO1. The Labute approximate surface area is 92.9 Å². The van der Waals surface area contributed by atoms with Crippen molar-refractivity contribution >= 4 is 21.8 Å². The molecule has 0 aliphatic carbocycles. The van der Waals surface area contributed by atoms with Gasteiger partial charge in [0.25, 0.3) is 5.91 Å². The number of hydrogen-bond donors (Lipinski definition) is 0. The van der Waals surface area contributed by atoms with Crippen molar-refractivity contribution < 1.29 is 9.53 Å². The smallest absolute Gasteiger partial charge is 0.299 e. The molecule has 0 aromatic rings. The summed E-state index contributed by atoms with van der Waals surface area (Å²) in [6, 6.07) is 0. The number of ether oxygens (including phenoxy) is 1. The van der Waals surface area contributed by atoms with E-state index in [1.165, 1.54) is 0 Å². The third-order valence-corrected chi connectivity index (χ3v) is 2.44. The van der Waals surface area contributed by atoms with Crippen LogP contribution in [0.25, 0.3) is 0 Å². The van der Waals surface area contributed by atoms with Crippen LogP contribution in [0.1, 0.15) is 19.8 Å². The van der Waals surface area contributed by atoms with Gasteiger partial charge in [0.2, 0.25) is 0 Å². The van der Waals surface area contributed by atoms with Crippen molar-refractivity contribution in [2.45, 2.75) is 25.9 Å². The number of nitrogens with zero attached hydrogens (tertiary/aromatic N) is 1. The lowest BCUT2D eigenvalue weighted by Gasteiger charge is -2.20. The van der Waals surface area contributed by atoms with Crippen LogP contribution in [0.15, 0.2) is 0 Å². The fraction of sp³-hybridized carbons (Fsp3) is 0.700. The Bertz CT molecular complexity index is 257. The van der Waals surface area contributed by atoms with Gasteiger partial charge in [0, 0.05) is 41.5 Å². The van der Waals surface area contributed by atoms with Gasteiger partial charge in [-0.2, -0.15) is 0 Å². The summed E-state index contributed by atoms with van der Waals surface area (Å²) in [4.78, 5) is 15.7. The fourth-order valence-electron chi connectivity index (χ4n) is 1.45. The quantitative estimate of drug-likeness (QED) is 0.666. The molecule has 1 atom stereocenters. The minimum absolute atomic E-state index is 0.120. The molecule has 78 valence electrons. The van der Waals surface area contributed by atoms with E-state index in [-0.39, 0.29) is 12.0 Å². The summed E-state index contributed by atoms with van der Waals surface area (Å²) in [7, 11) is 0. The lowest BCUT2D eigenvalue weighted by Crippen LogP contribution is -2.35. The summed E-state index contributed by atoms with van der Waals surface area (Å²) in [5.41, 5.74) is 0. The van der Waals surface area contributed by atoms with Crippen molar-refractivity contribution in [1.29, 1.82) is 0 Å². The van der Waals surface area contributed by atoms with E-state index in [2.05, 4.69) is 33.6 Å². The van der Waals surface area contributed by atoms with Gasteiger partial charge in [-0.3, -0.25) is 4.79 Å². The van der Waals surface area contributed by atoms with Gasteiger partial charge in [0.15, 0.2) is 0 Å². The van der Waals surface area contributed by atoms with Gasteiger partial charge in [-0.1, -0.05) is 6.92 Å². The number of hydrogen-bond acceptors (Lipinski definition) is 2. The lowest BCUT2D eigenvalue weighted by molar-refractivity contribution is -0.125. The molecule has 1 heterocycles. The first-order chi connectivity index (χ1) is 6.77. The Morgan fingerprint density at radius 1 is 1.71 bits per heavy atom. The number of amides is 1. The van der Waals surface area contributed by atoms with Gasteiger partial charge in [0.1, 0.15) is 0 Å². The Morgan fingerprint density at radius 3 is 3.14 bits per heavy atom. The van der Waals surface area contributed by atoms with E-state index in [0.717, 1.165) is 26.0 Å². The summed E-state index contributed by atoms with van der Waals surface area (Å²) in [6.45, 7) is 4.22. The van der Waals surface area contributed by atoms with Crippen LogP contribution in [0.4, 0.5) is 0 Å². The maximum atomic E-state index is 11.5. The van der Waals surface area contributed by atoms with E-state index >= 15 is 0 Å². The predicted molar refractivity (Wildman–Crippen MR) is 57.9 cm³/mol. The van der Waals surface area contributed by atoms with Gasteiger partial charge < -0.3 is 9.64 Å². The van der Waals surface area contributed by atoms with Crippen LogP contribution in [-0.4, -0.2) is 36.6 Å². The molecule has 1 aliphatic rings. The van der Waals surface area contributed by atoms with E-state index < -0.39 is 0 Å². The first-order valence-electron chi connectivity index (χ1n) is 4.80. The first-order valence-corrected chi connectivity index (χ1v) is 5.59. The predicted octanol–water partition coefficient (Wildman–Crippen LogP) is 1.37. The van der Waals surface area contributed by atoms with E-state index in [1.54, 1.807) is 4.90 Å². The second kappa shape index (κ2) is 6.05. The fourth-order valence-corrected chi connectivity index (χ4v) is 1.62. The van der Waals surface area contributed by atoms with Crippen LogP contribution in [0.5, 0.6) is 0 Å². The number of carbonyl (C=O) groups excluding carboxylic acids is 1. The summed E-state index contributed by atoms with van der Waals surface area (Å²) >= 11 is 2.93. The average molecular weight is 260 g/mol. The molecule has 1 amide bonds. The molecule has 3 nitrogen and oxygen atoms in total. The van der Waals surface area contributed by atoms with Gasteiger partial charge in [-0.05, 0) is 17.7 Å². The first kappa shape index (κ1) is 11.5. The third kappa shape index (κ3) is 3.32. The summed E-state index contributed by atoms with van der Waals surface area (Å²) in [5, 5.41) is 0. The second-order valence-corrected chi connectivity index (χ2v) is 3.62. The zero-order valence-corrected chi connectivity index (χ0v) is 9.84. The van der Waals surface area contributed by atoms with Crippen molar-refractivity contribution in [2.75, 3.05) is 19.7 Å². The second-order valence-electron chi connectivity index (χ2n) is 3.23. The van der Waals surface area contributed by atoms with Crippen LogP contribution in [0, 0.1) is 10.8 Å². The van der Waals surface area contributed by atoms with Crippen LogP contribution in [0.2, 0.25) is 0 Å². The van der Waals surface area contributed by atoms with Gasteiger partial charge in [-0.15, -0.1) is 0 Å².